The summed E-state index contributed by atoms with van der Waals surface area (Å²) < 4.78 is 15.9. The van der Waals surface area contributed by atoms with Crippen LogP contribution < -0.4 is 14.2 Å². The van der Waals surface area contributed by atoms with Crippen molar-refractivity contribution in [3.05, 3.63) is 40.1 Å². The van der Waals surface area contributed by atoms with Gasteiger partial charge >= 0.3 is 0 Å². The van der Waals surface area contributed by atoms with Crippen LogP contribution in [0.4, 0.5) is 0 Å². The molecule has 2 aromatic rings. The lowest BCUT2D eigenvalue weighted by molar-refractivity contribution is 0.103. The number of hydrogen-bond acceptors (Lipinski definition) is 6. The molecule has 0 radical (unpaired) electrons. The summed E-state index contributed by atoms with van der Waals surface area (Å²) in [6, 6.07) is 5.00. The van der Waals surface area contributed by atoms with Crippen LogP contribution in [0.5, 0.6) is 17.5 Å². The Morgan fingerprint density at radius 1 is 1.14 bits per heavy atom. The van der Waals surface area contributed by atoms with Gasteiger partial charge in [0.15, 0.2) is 5.69 Å². The Kier molecular flexibility index (Phi) is 4.74. The fourth-order valence-electron chi connectivity index (χ4n) is 1.70. The van der Waals surface area contributed by atoms with Crippen LogP contribution >= 0.6 is 15.9 Å². The number of carbonyl (C=O) groups excluding carboxylic acids is 1. The van der Waals surface area contributed by atoms with Gasteiger partial charge in [-0.25, -0.2) is 4.98 Å². The minimum Gasteiger partial charge on any atom is -0.496 e. The quantitative estimate of drug-likeness (QED) is 0.770. The van der Waals surface area contributed by atoms with Crippen LogP contribution in [0, 0.1) is 0 Å². The minimum absolute atomic E-state index is 0.117. The molecule has 0 bridgehead atoms. The third-order valence-electron chi connectivity index (χ3n) is 2.75. The van der Waals surface area contributed by atoms with Crippen molar-refractivity contribution in [3.63, 3.8) is 0 Å². The molecule has 7 heteroatoms. The van der Waals surface area contributed by atoms with Crippen LogP contribution in [0.25, 0.3) is 0 Å². The first-order valence-electron chi connectivity index (χ1n) is 5.94. The van der Waals surface area contributed by atoms with E-state index in [1.165, 1.54) is 20.4 Å². The van der Waals surface area contributed by atoms with Gasteiger partial charge in [0.25, 0.3) is 0 Å². The van der Waals surface area contributed by atoms with Crippen LogP contribution in [0.1, 0.15) is 16.1 Å². The van der Waals surface area contributed by atoms with Crippen molar-refractivity contribution >= 4 is 21.7 Å². The Morgan fingerprint density at radius 2 is 1.90 bits per heavy atom. The number of benzene rings is 1. The molecule has 1 aromatic heterocycles. The lowest BCUT2D eigenvalue weighted by atomic mass is 10.1. The van der Waals surface area contributed by atoms with E-state index in [0.717, 1.165) is 0 Å². The molecule has 0 atom stereocenters. The molecule has 0 saturated heterocycles. The van der Waals surface area contributed by atoms with E-state index in [9.17, 15) is 4.79 Å². The van der Waals surface area contributed by atoms with Gasteiger partial charge in [-0.2, -0.15) is 4.98 Å². The molecule has 0 amide bonds. The molecular formula is C14H13BrN2O4. The van der Waals surface area contributed by atoms with Crippen LogP contribution in [0.15, 0.2) is 28.9 Å². The van der Waals surface area contributed by atoms with Gasteiger partial charge in [-0.15, -0.1) is 0 Å². The van der Waals surface area contributed by atoms with E-state index >= 15 is 0 Å². The summed E-state index contributed by atoms with van der Waals surface area (Å²) in [5.74, 6) is 0.732. The Labute approximate surface area is 130 Å². The highest BCUT2D eigenvalue weighted by Gasteiger charge is 2.19. The second kappa shape index (κ2) is 6.53. The Bertz CT molecular complexity index is 676. The summed E-state index contributed by atoms with van der Waals surface area (Å²) in [5, 5.41) is 0. The van der Waals surface area contributed by atoms with Gasteiger partial charge in [0, 0.05) is 5.56 Å². The first kappa shape index (κ1) is 15.2. The molecule has 110 valence electrons. The van der Waals surface area contributed by atoms with E-state index in [2.05, 4.69) is 25.9 Å². The van der Waals surface area contributed by atoms with Gasteiger partial charge in [0.05, 0.1) is 32.0 Å². The lowest BCUT2D eigenvalue weighted by Gasteiger charge is -2.08. The summed E-state index contributed by atoms with van der Waals surface area (Å²) in [7, 11) is 4.44. The maximum absolute atomic E-state index is 12.5. The third kappa shape index (κ3) is 3.13. The number of carbonyl (C=O) groups is 1. The number of nitrogens with zero attached hydrogens (tertiary/aromatic N) is 2. The normalized spacial score (nSPS) is 10.1. The molecule has 0 spiro atoms. The van der Waals surface area contributed by atoms with Crippen LogP contribution in [-0.2, 0) is 0 Å². The number of rotatable bonds is 5. The second-order valence-corrected chi connectivity index (χ2v) is 4.80. The number of ketones is 1. The van der Waals surface area contributed by atoms with E-state index in [0.29, 0.717) is 15.8 Å². The van der Waals surface area contributed by atoms with Crippen molar-refractivity contribution in [2.24, 2.45) is 0 Å². The van der Waals surface area contributed by atoms with Crippen molar-refractivity contribution < 1.29 is 19.0 Å². The number of aromatic nitrogens is 2. The van der Waals surface area contributed by atoms with E-state index < -0.39 is 0 Å². The highest BCUT2D eigenvalue weighted by Crippen LogP contribution is 2.27. The smallest absolute Gasteiger partial charge is 0.247 e. The zero-order chi connectivity index (χ0) is 15.4. The molecule has 0 N–H and O–H groups in total. The molecule has 1 aromatic carbocycles. The number of ether oxygens (including phenoxy) is 3. The maximum atomic E-state index is 12.5. The summed E-state index contributed by atoms with van der Waals surface area (Å²) in [6.07, 6.45) is 1.37. The Hall–Kier alpha value is -2.15. The van der Waals surface area contributed by atoms with E-state index in [1.807, 2.05) is 0 Å². The highest BCUT2D eigenvalue weighted by molar-refractivity contribution is 9.10. The molecule has 0 aliphatic carbocycles. The average molecular weight is 353 g/mol. The van der Waals surface area contributed by atoms with Gasteiger partial charge in [-0.1, -0.05) is 0 Å². The van der Waals surface area contributed by atoms with Gasteiger partial charge < -0.3 is 14.2 Å². The largest absolute Gasteiger partial charge is 0.496 e. The maximum Gasteiger partial charge on any atom is 0.247 e. The first-order chi connectivity index (χ1) is 10.1. The van der Waals surface area contributed by atoms with Crippen molar-refractivity contribution in [2.45, 2.75) is 0 Å². The van der Waals surface area contributed by atoms with Crippen molar-refractivity contribution in [2.75, 3.05) is 21.3 Å². The lowest BCUT2D eigenvalue weighted by Crippen LogP contribution is -2.09. The standard InChI is InChI=1S/C14H13BrN2O4/c1-19-10-5-4-8(6-9(10)15)13(18)12-14(21-3)17-11(20-2)7-16-12/h4-7H,1-3H3. The SMILES string of the molecule is COc1cnc(C(=O)c2ccc(OC)c(Br)c2)c(OC)n1. The topological polar surface area (TPSA) is 70.5 Å². The van der Waals surface area contributed by atoms with Gasteiger partial charge in [0.1, 0.15) is 5.75 Å². The molecular weight excluding hydrogens is 340 g/mol. The summed E-state index contributed by atoms with van der Waals surface area (Å²) >= 11 is 3.34. The van der Waals surface area contributed by atoms with E-state index in [1.54, 1.807) is 25.3 Å². The minimum atomic E-state index is -0.301. The zero-order valence-electron chi connectivity index (χ0n) is 11.7. The van der Waals surface area contributed by atoms with Crippen LogP contribution in [-0.4, -0.2) is 37.1 Å². The second-order valence-electron chi connectivity index (χ2n) is 3.95. The van der Waals surface area contributed by atoms with Gasteiger partial charge in [0.2, 0.25) is 17.5 Å². The molecule has 0 fully saturated rings. The summed E-state index contributed by atoms with van der Waals surface area (Å²) in [5.41, 5.74) is 0.566. The molecule has 21 heavy (non-hydrogen) atoms. The molecule has 0 aliphatic heterocycles. The van der Waals surface area contributed by atoms with Gasteiger partial charge in [-0.3, -0.25) is 4.79 Å². The fourth-order valence-corrected chi connectivity index (χ4v) is 2.24. The molecule has 2 rings (SSSR count). The van der Waals surface area contributed by atoms with Crippen LogP contribution in [0.2, 0.25) is 0 Å². The van der Waals surface area contributed by atoms with Gasteiger partial charge in [-0.05, 0) is 34.1 Å². The van der Waals surface area contributed by atoms with E-state index in [-0.39, 0.29) is 23.2 Å². The van der Waals surface area contributed by atoms with Crippen molar-refractivity contribution in [1.82, 2.24) is 9.97 Å². The summed E-state index contributed by atoms with van der Waals surface area (Å²) in [6.45, 7) is 0. The Morgan fingerprint density at radius 3 is 2.48 bits per heavy atom. The summed E-state index contributed by atoms with van der Waals surface area (Å²) in [4.78, 5) is 20.6. The fraction of sp³-hybridized carbons (Fsp3) is 0.214. The molecule has 6 nitrogen and oxygen atoms in total. The zero-order valence-corrected chi connectivity index (χ0v) is 13.3. The number of halogens is 1. The highest BCUT2D eigenvalue weighted by atomic mass is 79.9. The Balaban J connectivity index is 2.42. The third-order valence-corrected chi connectivity index (χ3v) is 3.37. The molecule has 0 unspecified atom stereocenters. The first-order valence-corrected chi connectivity index (χ1v) is 6.73. The number of hydrogen-bond donors (Lipinski definition) is 0. The van der Waals surface area contributed by atoms with E-state index in [4.69, 9.17) is 14.2 Å². The van der Waals surface area contributed by atoms with Crippen molar-refractivity contribution in [3.8, 4) is 17.5 Å². The average Bonchev–Trinajstić information content (AvgIpc) is 2.53. The van der Waals surface area contributed by atoms with Crippen molar-refractivity contribution in [1.29, 1.82) is 0 Å². The number of methoxy groups -OCH3 is 3. The molecule has 0 saturated carbocycles. The molecule has 0 aliphatic rings. The predicted molar refractivity (Wildman–Crippen MR) is 79.3 cm³/mol. The molecule has 1 heterocycles. The van der Waals surface area contributed by atoms with Crippen LogP contribution in [0.3, 0.4) is 0 Å². The predicted octanol–water partition coefficient (Wildman–Crippen LogP) is 2.50. The monoisotopic (exact) mass is 352 g/mol.